The van der Waals surface area contributed by atoms with Crippen molar-refractivity contribution in [1.82, 2.24) is 0 Å². The number of benzene rings is 5. The van der Waals surface area contributed by atoms with Gasteiger partial charge < -0.3 is 14.2 Å². The Balaban J connectivity index is 1.30. The van der Waals surface area contributed by atoms with Crippen LogP contribution in [0.25, 0.3) is 22.3 Å². The van der Waals surface area contributed by atoms with Crippen LogP contribution < -0.4 is 9.47 Å². The van der Waals surface area contributed by atoms with E-state index in [2.05, 4.69) is 0 Å². The highest BCUT2D eigenvalue weighted by Crippen LogP contribution is 2.28. The molecule has 0 aliphatic carbocycles. The van der Waals surface area contributed by atoms with Gasteiger partial charge in [-0.25, -0.2) is 14.4 Å². The van der Waals surface area contributed by atoms with Gasteiger partial charge >= 0.3 is 17.9 Å². The van der Waals surface area contributed by atoms with Crippen LogP contribution in [0.5, 0.6) is 11.5 Å². The summed E-state index contributed by atoms with van der Waals surface area (Å²) < 4.78 is 15.9. The number of methoxy groups -OCH3 is 1. The summed E-state index contributed by atoms with van der Waals surface area (Å²) in [5.74, 6) is -1.90. The molecule has 0 fully saturated rings. The fraction of sp³-hybridized carbons (Fsp3) is 0.0294. The van der Waals surface area contributed by atoms with Crippen LogP contribution in [0.2, 0.25) is 0 Å². The predicted molar refractivity (Wildman–Crippen MR) is 151 cm³/mol. The van der Waals surface area contributed by atoms with E-state index in [0.29, 0.717) is 11.1 Å². The number of hydrogen-bond donors (Lipinski definition) is 0. The summed E-state index contributed by atoms with van der Waals surface area (Å²) in [7, 11) is 1.21. The number of carbonyl (C=O) groups excluding carboxylic acids is 3. The second kappa shape index (κ2) is 11.9. The molecule has 6 nitrogen and oxygen atoms in total. The molecule has 0 amide bonds. The SMILES string of the molecule is COC(=O)c1cc(OC(=O)c2ccc(-c3ccccc3)cc2)ccc1OC(=O)c1ccc(-c2ccccc2)cc1. The Morgan fingerprint density at radius 1 is 0.475 bits per heavy atom. The highest BCUT2D eigenvalue weighted by molar-refractivity contribution is 5.97. The predicted octanol–water partition coefficient (Wildman–Crippen LogP) is 7.25. The van der Waals surface area contributed by atoms with Crippen LogP contribution >= 0.6 is 0 Å². The van der Waals surface area contributed by atoms with E-state index in [1.807, 2.05) is 84.9 Å². The third-order valence-corrected chi connectivity index (χ3v) is 6.22. The molecule has 0 bridgehead atoms. The van der Waals surface area contributed by atoms with Crippen molar-refractivity contribution in [2.24, 2.45) is 0 Å². The average molecular weight is 529 g/mol. The molecule has 6 heteroatoms. The van der Waals surface area contributed by atoms with E-state index in [9.17, 15) is 14.4 Å². The van der Waals surface area contributed by atoms with Crippen molar-refractivity contribution in [3.8, 4) is 33.8 Å². The fourth-order valence-corrected chi connectivity index (χ4v) is 4.11. The zero-order chi connectivity index (χ0) is 27.9. The molecule has 0 saturated heterocycles. The Morgan fingerprint density at radius 2 is 0.925 bits per heavy atom. The molecule has 0 saturated carbocycles. The third-order valence-electron chi connectivity index (χ3n) is 6.22. The molecule has 5 aromatic rings. The average Bonchev–Trinajstić information content (AvgIpc) is 3.02. The first-order valence-electron chi connectivity index (χ1n) is 12.5. The third kappa shape index (κ3) is 5.97. The van der Waals surface area contributed by atoms with Gasteiger partial charge in [-0.2, -0.15) is 0 Å². The van der Waals surface area contributed by atoms with Gasteiger partial charge in [-0.3, -0.25) is 0 Å². The number of rotatable bonds is 7. The number of esters is 3. The molecule has 0 radical (unpaired) electrons. The highest BCUT2D eigenvalue weighted by Gasteiger charge is 2.20. The number of ether oxygens (including phenoxy) is 3. The zero-order valence-electron chi connectivity index (χ0n) is 21.6. The van der Waals surface area contributed by atoms with Crippen LogP contribution in [0.3, 0.4) is 0 Å². The van der Waals surface area contributed by atoms with Gasteiger partial charge in [0.1, 0.15) is 17.1 Å². The number of carbonyl (C=O) groups is 3. The smallest absolute Gasteiger partial charge is 0.343 e. The zero-order valence-corrected chi connectivity index (χ0v) is 21.6. The van der Waals surface area contributed by atoms with Gasteiger partial charge in [0.2, 0.25) is 0 Å². The summed E-state index contributed by atoms with van der Waals surface area (Å²) in [5, 5.41) is 0. The van der Waals surface area contributed by atoms with Gasteiger partial charge in [0.25, 0.3) is 0 Å². The summed E-state index contributed by atoms with van der Waals surface area (Å²) in [5.41, 5.74) is 4.56. The standard InChI is InChI=1S/C34H24O6/c1-38-34(37)30-22-29(39-32(35)27-16-12-25(13-17-27)23-8-4-2-5-9-23)20-21-31(30)40-33(36)28-18-14-26(15-19-28)24-10-6-3-7-11-24/h2-22H,1H3. The van der Waals surface area contributed by atoms with Crippen molar-refractivity contribution in [3.63, 3.8) is 0 Å². The fourth-order valence-electron chi connectivity index (χ4n) is 4.11. The molecule has 196 valence electrons. The lowest BCUT2D eigenvalue weighted by Crippen LogP contribution is -2.13. The van der Waals surface area contributed by atoms with Crippen LogP contribution in [0.4, 0.5) is 0 Å². The minimum absolute atomic E-state index is 0.0176. The van der Waals surface area contributed by atoms with Crippen LogP contribution in [0.1, 0.15) is 31.1 Å². The molecule has 0 heterocycles. The molecule has 0 atom stereocenters. The topological polar surface area (TPSA) is 78.9 Å². The number of hydrogen-bond acceptors (Lipinski definition) is 6. The van der Waals surface area contributed by atoms with Gasteiger partial charge in [0.15, 0.2) is 0 Å². The Bertz CT molecular complexity index is 1640. The molecule has 5 aromatic carbocycles. The summed E-state index contributed by atoms with van der Waals surface area (Å²) >= 11 is 0. The van der Waals surface area contributed by atoms with E-state index < -0.39 is 17.9 Å². The van der Waals surface area contributed by atoms with E-state index in [4.69, 9.17) is 14.2 Å². The second-order valence-corrected chi connectivity index (χ2v) is 8.82. The summed E-state index contributed by atoms with van der Waals surface area (Å²) in [4.78, 5) is 38.1. The molecule has 0 aliphatic heterocycles. The first-order valence-corrected chi connectivity index (χ1v) is 12.5. The van der Waals surface area contributed by atoms with Gasteiger partial charge in [-0.05, 0) is 64.7 Å². The van der Waals surface area contributed by atoms with E-state index in [1.165, 1.54) is 25.3 Å². The summed E-state index contributed by atoms with van der Waals surface area (Å²) in [6.07, 6.45) is 0. The van der Waals surface area contributed by atoms with Crippen LogP contribution in [-0.2, 0) is 4.74 Å². The molecule has 0 unspecified atom stereocenters. The molecule has 0 N–H and O–H groups in total. The molecular formula is C34H24O6. The first kappa shape index (κ1) is 26.1. The first-order chi connectivity index (χ1) is 19.5. The maximum absolute atomic E-state index is 12.8. The molecular weight excluding hydrogens is 504 g/mol. The quantitative estimate of drug-likeness (QED) is 0.164. The maximum Gasteiger partial charge on any atom is 0.343 e. The normalized spacial score (nSPS) is 10.4. The van der Waals surface area contributed by atoms with Crippen molar-refractivity contribution in [2.45, 2.75) is 0 Å². The Kier molecular flexibility index (Phi) is 7.79. The van der Waals surface area contributed by atoms with Crippen molar-refractivity contribution in [1.29, 1.82) is 0 Å². The van der Waals surface area contributed by atoms with E-state index in [-0.39, 0.29) is 17.1 Å². The lowest BCUT2D eigenvalue weighted by atomic mass is 10.0. The van der Waals surface area contributed by atoms with Crippen LogP contribution in [0.15, 0.2) is 127 Å². The Labute approximate surface area is 231 Å². The van der Waals surface area contributed by atoms with Gasteiger partial charge in [0.05, 0.1) is 18.2 Å². The van der Waals surface area contributed by atoms with Crippen molar-refractivity contribution >= 4 is 17.9 Å². The maximum atomic E-state index is 12.8. The Hall–Kier alpha value is -5.49. The lowest BCUT2D eigenvalue weighted by molar-refractivity contribution is 0.0589. The second-order valence-electron chi connectivity index (χ2n) is 8.82. The molecule has 40 heavy (non-hydrogen) atoms. The molecule has 5 rings (SSSR count). The molecule has 0 spiro atoms. The van der Waals surface area contributed by atoms with Crippen LogP contribution in [0, 0.1) is 0 Å². The van der Waals surface area contributed by atoms with Crippen molar-refractivity contribution in [3.05, 3.63) is 144 Å². The van der Waals surface area contributed by atoms with E-state index in [1.54, 1.807) is 24.3 Å². The Morgan fingerprint density at radius 3 is 1.40 bits per heavy atom. The summed E-state index contributed by atoms with van der Waals surface area (Å²) in [6, 6.07) is 37.7. The van der Waals surface area contributed by atoms with E-state index >= 15 is 0 Å². The van der Waals surface area contributed by atoms with E-state index in [0.717, 1.165) is 22.3 Å². The minimum Gasteiger partial charge on any atom is -0.465 e. The van der Waals surface area contributed by atoms with Crippen LogP contribution in [-0.4, -0.2) is 25.0 Å². The van der Waals surface area contributed by atoms with Gasteiger partial charge in [-0.1, -0.05) is 84.9 Å². The molecule has 0 aliphatic rings. The lowest BCUT2D eigenvalue weighted by Gasteiger charge is -2.12. The van der Waals surface area contributed by atoms with Crippen molar-refractivity contribution in [2.75, 3.05) is 7.11 Å². The largest absolute Gasteiger partial charge is 0.465 e. The highest BCUT2D eigenvalue weighted by atomic mass is 16.5. The van der Waals surface area contributed by atoms with Crippen molar-refractivity contribution < 1.29 is 28.6 Å². The van der Waals surface area contributed by atoms with Gasteiger partial charge in [-0.15, -0.1) is 0 Å². The van der Waals surface area contributed by atoms with Gasteiger partial charge in [0, 0.05) is 0 Å². The minimum atomic E-state index is -0.743. The monoisotopic (exact) mass is 528 g/mol. The molecule has 0 aromatic heterocycles. The summed E-state index contributed by atoms with van der Waals surface area (Å²) in [6.45, 7) is 0.